The summed E-state index contributed by atoms with van der Waals surface area (Å²) in [7, 11) is 1.59. The number of benzene rings is 1. The molecule has 110 valence electrons. The van der Waals surface area contributed by atoms with Gasteiger partial charge in [-0.3, -0.25) is 4.79 Å². The normalized spacial score (nSPS) is 16.2. The minimum Gasteiger partial charge on any atom is -0.497 e. The molecule has 1 fully saturated rings. The Bertz CT molecular complexity index is 441. The van der Waals surface area contributed by atoms with Gasteiger partial charge in [-0.25, -0.2) is 0 Å². The lowest BCUT2D eigenvalue weighted by atomic mass is 10.1. The highest BCUT2D eigenvalue weighted by Gasteiger charge is 2.24. The molecule has 0 aromatic heterocycles. The Morgan fingerprint density at radius 1 is 1.40 bits per heavy atom. The Labute approximate surface area is 119 Å². The van der Waals surface area contributed by atoms with Crippen LogP contribution >= 0.6 is 0 Å². The summed E-state index contributed by atoms with van der Waals surface area (Å²) in [6, 6.07) is 7.21. The average molecular weight is 279 g/mol. The number of rotatable bonds is 5. The van der Waals surface area contributed by atoms with Crippen LogP contribution in [-0.2, 0) is 4.74 Å². The molecule has 5 heteroatoms. The van der Waals surface area contributed by atoms with Crippen LogP contribution in [0.2, 0.25) is 0 Å². The number of hydrogen-bond acceptors (Lipinski definition) is 4. The van der Waals surface area contributed by atoms with Gasteiger partial charge in [-0.1, -0.05) is 6.07 Å². The number of amides is 1. The van der Waals surface area contributed by atoms with Gasteiger partial charge in [0.15, 0.2) is 0 Å². The highest BCUT2D eigenvalue weighted by atomic mass is 16.5. The molecule has 0 aliphatic carbocycles. The first kappa shape index (κ1) is 14.8. The van der Waals surface area contributed by atoms with Gasteiger partial charge in [0.2, 0.25) is 0 Å². The molecule has 2 rings (SSSR count). The number of ether oxygens (including phenoxy) is 2. The fourth-order valence-corrected chi connectivity index (χ4v) is 2.38. The van der Waals surface area contributed by atoms with Crippen LogP contribution in [0, 0.1) is 0 Å². The summed E-state index contributed by atoms with van der Waals surface area (Å²) >= 11 is 0. The van der Waals surface area contributed by atoms with Gasteiger partial charge in [-0.2, -0.15) is 0 Å². The second-order valence-corrected chi connectivity index (χ2v) is 4.82. The summed E-state index contributed by atoms with van der Waals surface area (Å²) in [6.07, 6.45) is 1.78. The summed E-state index contributed by atoms with van der Waals surface area (Å²) in [6.45, 7) is 1.79. The van der Waals surface area contributed by atoms with E-state index in [4.69, 9.17) is 14.6 Å². The van der Waals surface area contributed by atoms with Crippen LogP contribution in [0.5, 0.6) is 5.75 Å². The lowest BCUT2D eigenvalue weighted by Crippen LogP contribution is -2.41. The summed E-state index contributed by atoms with van der Waals surface area (Å²) in [5, 5.41) is 8.73. The third-order valence-corrected chi connectivity index (χ3v) is 3.49. The van der Waals surface area contributed by atoms with Crippen molar-refractivity contribution in [2.24, 2.45) is 0 Å². The summed E-state index contributed by atoms with van der Waals surface area (Å²) in [4.78, 5) is 14.2. The topological polar surface area (TPSA) is 59.0 Å². The van der Waals surface area contributed by atoms with E-state index in [0.29, 0.717) is 31.0 Å². The monoisotopic (exact) mass is 279 g/mol. The number of nitrogens with zero attached hydrogens (tertiary/aromatic N) is 1. The van der Waals surface area contributed by atoms with Crippen molar-refractivity contribution in [1.29, 1.82) is 0 Å². The van der Waals surface area contributed by atoms with Crippen molar-refractivity contribution in [3.63, 3.8) is 0 Å². The second-order valence-electron chi connectivity index (χ2n) is 4.82. The predicted octanol–water partition coefficient (Wildman–Crippen LogP) is 1.31. The first-order chi connectivity index (χ1) is 9.74. The molecule has 0 saturated carbocycles. The van der Waals surface area contributed by atoms with Crippen LogP contribution in [0.25, 0.3) is 0 Å². The summed E-state index contributed by atoms with van der Waals surface area (Å²) in [5.74, 6) is 0.724. The zero-order valence-corrected chi connectivity index (χ0v) is 11.7. The van der Waals surface area contributed by atoms with Crippen molar-refractivity contribution < 1.29 is 19.4 Å². The quantitative estimate of drug-likeness (QED) is 0.883. The Morgan fingerprint density at radius 3 is 2.80 bits per heavy atom. The van der Waals surface area contributed by atoms with E-state index < -0.39 is 0 Å². The first-order valence-corrected chi connectivity index (χ1v) is 6.90. The molecule has 0 atom stereocenters. The molecule has 1 N–H and O–H groups in total. The predicted molar refractivity (Wildman–Crippen MR) is 75.0 cm³/mol. The van der Waals surface area contributed by atoms with Crippen LogP contribution in [-0.4, -0.2) is 55.4 Å². The van der Waals surface area contributed by atoms with Gasteiger partial charge >= 0.3 is 0 Å². The van der Waals surface area contributed by atoms with Gasteiger partial charge in [0.25, 0.3) is 5.91 Å². The molecule has 20 heavy (non-hydrogen) atoms. The average Bonchev–Trinajstić information content (AvgIpc) is 2.52. The molecule has 1 aliphatic rings. The molecule has 1 amide bonds. The number of likely N-dealkylation sites (tertiary alicyclic amines) is 1. The van der Waals surface area contributed by atoms with Gasteiger partial charge in [0, 0.05) is 18.7 Å². The third-order valence-electron chi connectivity index (χ3n) is 3.49. The molecule has 0 bridgehead atoms. The van der Waals surface area contributed by atoms with E-state index in [-0.39, 0.29) is 18.6 Å². The SMILES string of the molecule is COc1cccc(C(=O)N2CCC(OCCO)CC2)c1. The minimum absolute atomic E-state index is 0.0320. The Hall–Kier alpha value is -1.59. The zero-order chi connectivity index (χ0) is 14.4. The van der Waals surface area contributed by atoms with Gasteiger partial charge in [0.1, 0.15) is 5.75 Å². The number of hydrogen-bond donors (Lipinski definition) is 1. The second kappa shape index (κ2) is 7.26. The van der Waals surface area contributed by atoms with Gasteiger partial charge in [-0.05, 0) is 31.0 Å². The Balaban J connectivity index is 1.91. The molecule has 0 radical (unpaired) electrons. The highest BCUT2D eigenvalue weighted by Crippen LogP contribution is 2.18. The van der Waals surface area contributed by atoms with E-state index in [1.165, 1.54) is 0 Å². The van der Waals surface area contributed by atoms with Crippen molar-refractivity contribution in [1.82, 2.24) is 4.90 Å². The number of piperidine rings is 1. The molecule has 1 aromatic rings. The highest BCUT2D eigenvalue weighted by molar-refractivity contribution is 5.94. The van der Waals surface area contributed by atoms with Crippen molar-refractivity contribution in [3.05, 3.63) is 29.8 Å². The lowest BCUT2D eigenvalue weighted by molar-refractivity contribution is -0.00554. The molecular weight excluding hydrogens is 258 g/mol. The van der Waals surface area contributed by atoms with Crippen LogP contribution in [0.3, 0.4) is 0 Å². The van der Waals surface area contributed by atoms with E-state index in [9.17, 15) is 4.79 Å². The molecular formula is C15H21NO4. The summed E-state index contributed by atoms with van der Waals surface area (Å²) < 4.78 is 10.6. The van der Waals surface area contributed by atoms with Crippen LogP contribution in [0.1, 0.15) is 23.2 Å². The molecule has 1 heterocycles. The number of carbonyl (C=O) groups excluding carboxylic acids is 1. The van der Waals surface area contributed by atoms with Crippen molar-refractivity contribution in [2.75, 3.05) is 33.4 Å². The first-order valence-electron chi connectivity index (χ1n) is 6.90. The maximum Gasteiger partial charge on any atom is 0.253 e. The number of carbonyl (C=O) groups is 1. The van der Waals surface area contributed by atoms with E-state index in [0.717, 1.165) is 12.8 Å². The van der Waals surface area contributed by atoms with E-state index in [1.54, 1.807) is 19.2 Å². The third kappa shape index (κ3) is 3.71. The number of aliphatic hydroxyl groups excluding tert-OH is 1. The summed E-state index contributed by atoms with van der Waals surface area (Å²) in [5.41, 5.74) is 0.652. The zero-order valence-electron chi connectivity index (χ0n) is 11.7. The van der Waals surface area contributed by atoms with E-state index in [2.05, 4.69) is 0 Å². The minimum atomic E-state index is 0.0320. The lowest BCUT2D eigenvalue weighted by Gasteiger charge is -2.32. The standard InChI is InChI=1S/C15H21NO4/c1-19-14-4-2-3-12(11-14)15(18)16-7-5-13(6-8-16)20-10-9-17/h2-4,11,13,17H,5-10H2,1H3. The van der Waals surface area contributed by atoms with Crippen molar-refractivity contribution in [3.8, 4) is 5.75 Å². The van der Waals surface area contributed by atoms with Gasteiger partial charge in [-0.15, -0.1) is 0 Å². The molecule has 0 unspecified atom stereocenters. The molecule has 5 nitrogen and oxygen atoms in total. The fraction of sp³-hybridized carbons (Fsp3) is 0.533. The van der Waals surface area contributed by atoms with E-state index in [1.807, 2.05) is 17.0 Å². The molecule has 1 aliphatic heterocycles. The molecule has 1 aromatic carbocycles. The molecule has 0 spiro atoms. The smallest absolute Gasteiger partial charge is 0.253 e. The van der Waals surface area contributed by atoms with Crippen molar-refractivity contribution in [2.45, 2.75) is 18.9 Å². The van der Waals surface area contributed by atoms with Crippen LogP contribution in [0.15, 0.2) is 24.3 Å². The fourth-order valence-electron chi connectivity index (χ4n) is 2.38. The molecule has 1 saturated heterocycles. The van der Waals surface area contributed by atoms with Gasteiger partial charge < -0.3 is 19.5 Å². The maximum atomic E-state index is 12.4. The van der Waals surface area contributed by atoms with Crippen LogP contribution < -0.4 is 4.74 Å². The largest absolute Gasteiger partial charge is 0.497 e. The maximum absolute atomic E-state index is 12.4. The van der Waals surface area contributed by atoms with Gasteiger partial charge in [0.05, 0.1) is 26.4 Å². The van der Waals surface area contributed by atoms with Crippen molar-refractivity contribution >= 4 is 5.91 Å². The van der Waals surface area contributed by atoms with E-state index >= 15 is 0 Å². The number of aliphatic hydroxyl groups is 1. The Kier molecular flexibility index (Phi) is 5.38. The van der Waals surface area contributed by atoms with Crippen LogP contribution in [0.4, 0.5) is 0 Å². The number of methoxy groups -OCH3 is 1. The Morgan fingerprint density at radius 2 is 2.15 bits per heavy atom.